The van der Waals surface area contributed by atoms with Gasteiger partial charge in [0.2, 0.25) is 0 Å². The lowest BCUT2D eigenvalue weighted by Gasteiger charge is -2.12. The Labute approximate surface area is 68.8 Å². The van der Waals surface area contributed by atoms with Crippen LogP contribution in [0, 0.1) is 17.8 Å². The summed E-state index contributed by atoms with van der Waals surface area (Å²) in [6.45, 7) is 2.30. The molecule has 0 heterocycles. The molecule has 1 heteroatoms. The van der Waals surface area contributed by atoms with Crippen molar-refractivity contribution in [1.82, 2.24) is 0 Å². The summed E-state index contributed by atoms with van der Waals surface area (Å²) >= 11 is 0. The number of rotatable bonds is 0. The first kappa shape index (κ1) is 7.60. The molecule has 0 aromatic heterocycles. The lowest BCUT2D eigenvalue weighted by Crippen LogP contribution is -2.12. The van der Waals surface area contributed by atoms with E-state index in [0.29, 0.717) is 5.92 Å². The van der Waals surface area contributed by atoms with Crippen molar-refractivity contribution in [2.24, 2.45) is 17.8 Å². The van der Waals surface area contributed by atoms with E-state index in [2.05, 4.69) is 6.92 Å². The second-order valence-corrected chi connectivity index (χ2v) is 4.31. The first-order chi connectivity index (χ1) is 5.30. The smallest absolute Gasteiger partial charge is 0.0573 e. The molecule has 4 atom stereocenters. The zero-order valence-electron chi connectivity index (χ0n) is 7.29. The van der Waals surface area contributed by atoms with E-state index in [0.717, 1.165) is 18.3 Å². The quantitative estimate of drug-likeness (QED) is 0.567. The molecule has 2 aliphatic carbocycles. The van der Waals surface area contributed by atoms with E-state index >= 15 is 0 Å². The number of aliphatic hydroxyl groups excluding tert-OH is 1. The molecule has 0 bridgehead atoms. The Balaban J connectivity index is 1.94. The fourth-order valence-corrected chi connectivity index (χ4v) is 2.77. The first-order valence-electron chi connectivity index (χ1n) is 4.99. The molecule has 2 rings (SSSR count). The van der Waals surface area contributed by atoms with E-state index in [4.69, 9.17) is 0 Å². The molecule has 2 aliphatic rings. The minimum atomic E-state index is 0.0373. The van der Waals surface area contributed by atoms with E-state index in [1.165, 1.54) is 25.7 Å². The Hall–Kier alpha value is -0.0400. The normalized spacial score (nSPS) is 50.7. The molecule has 0 amide bonds. The lowest BCUT2D eigenvalue weighted by atomic mass is 9.99. The zero-order chi connectivity index (χ0) is 7.84. The lowest BCUT2D eigenvalue weighted by molar-refractivity contribution is 0.123. The molecule has 2 fully saturated rings. The van der Waals surface area contributed by atoms with Crippen molar-refractivity contribution in [1.29, 1.82) is 0 Å². The maximum atomic E-state index is 9.69. The van der Waals surface area contributed by atoms with Gasteiger partial charge in [-0.05, 0) is 30.6 Å². The first-order valence-corrected chi connectivity index (χ1v) is 4.99. The highest BCUT2D eigenvalue weighted by Gasteiger charge is 2.49. The summed E-state index contributed by atoms with van der Waals surface area (Å²) in [6, 6.07) is 0. The van der Waals surface area contributed by atoms with Crippen LogP contribution in [0.5, 0.6) is 0 Å². The van der Waals surface area contributed by atoms with Gasteiger partial charge in [-0.15, -0.1) is 0 Å². The second kappa shape index (κ2) is 2.78. The number of aliphatic hydroxyl groups is 1. The Bertz CT molecular complexity index is 136. The summed E-state index contributed by atoms with van der Waals surface area (Å²) in [7, 11) is 0. The summed E-state index contributed by atoms with van der Waals surface area (Å²) < 4.78 is 0. The third-order valence-electron chi connectivity index (χ3n) is 3.62. The van der Waals surface area contributed by atoms with Crippen LogP contribution in [-0.4, -0.2) is 11.2 Å². The average Bonchev–Trinajstić information content (AvgIpc) is 2.55. The topological polar surface area (TPSA) is 20.2 Å². The molecule has 0 unspecified atom stereocenters. The molecule has 1 nitrogen and oxygen atoms in total. The van der Waals surface area contributed by atoms with E-state index < -0.39 is 0 Å². The van der Waals surface area contributed by atoms with Gasteiger partial charge in [0.25, 0.3) is 0 Å². The molecule has 0 radical (unpaired) electrons. The van der Waals surface area contributed by atoms with E-state index in [1.54, 1.807) is 0 Å². The molecule has 64 valence electrons. The fourth-order valence-electron chi connectivity index (χ4n) is 2.77. The highest BCUT2D eigenvalue weighted by Crippen LogP contribution is 2.52. The summed E-state index contributed by atoms with van der Waals surface area (Å²) in [5.74, 6) is 2.38. The van der Waals surface area contributed by atoms with Crippen molar-refractivity contribution >= 4 is 0 Å². The van der Waals surface area contributed by atoms with Crippen molar-refractivity contribution in [2.45, 2.75) is 45.1 Å². The second-order valence-electron chi connectivity index (χ2n) is 4.31. The van der Waals surface area contributed by atoms with Gasteiger partial charge in [0.05, 0.1) is 6.10 Å². The predicted molar refractivity (Wildman–Crippen MR) is 45.2 cm³/mol. The Kier molecular flexibility index (Phi) is 1.92. The third-order valence-corrected chi connectivity index (χ3v) is 3.62. The van der Waals surface area contributed by atoms with Crippen LogP contribution in [0.1, 0.15) is 39.0 Å². The molecule has 2 saturated carbocycles. The van der Waals surface area contributed by atoms with Crippen LogP contribution in [0.2, 0.25) is 0 Å². The predicted octanol–water partition coefficient (Wildman–Crippen LogP) is 2.19. The molecule has 0 spiro atoms. The summed E-state index contributed by atoms with van der Waals surface area (Å²) in [5, 5.41) is 9.69. The van der Waals surface area contributed by atoms with Gasteiger partial charge in [0.15, 0.2) is 0 Å². The largest absolute Gasteiger partial charge is 0.393 e. The summed E-state index contributed by atoms with van der Waals surface area (Å²) in [4.78, 5) is 0. The molecule has 11 heavy (non-hydrogen) atoms. The van der Waals surface area contributed by atoms with Gasteiger partial charge in [0.1, 0.15) is 0 Å². The van der Waals surface area contributed by atoms with Crippen LogP contribution < -0.4 is 0 Å². The fraction of sp³-hybridized carbons (Fsp3) is 1.00. The van der Waals surface area contributed by atoms with Gasteiger partial charge in [-0.3, -0.25) is 0 Å². The van der Waals surface area contributed by atoms with Gasteiger partial charge >= 0.3 is 0 Å². The monoisotopic (exact) mass is 154 g/mol. The number of hydrogen-bond acceptors (Lipinski definition) is 1. The summed E-state index contributed by atoms with van der Waals surface area (Å²) in [6.07, 6.45) is 6.46. The van der Waals surface area contributed by atoms with Gasteiger partial charge in [-0.25, -0.2) is 0 Å². The standard InChI is InChI=1S/C10H18O/c1-7-8-5-3-2-4-6-9(11)10(7)8/h7-11H,2-6H2,1H3/t7-,8-,9-,10+/m1/s1. The SMILES string of the molecule is C[C@@H]1[C@H]2CCCCC[C@@H](O)[C@@H]12. The van der Waals surface area contributed by atoms with E-state index in [9.17, 15) is 5.11 Å². The minimum absolute atomic E-state index is 0.0373. The van der Waals surface area contributed by atoms with Crippen LogP contribution in [0.15, 0.2) is 0 Å². The van der Waals surface area contributed by atoms with Crippen LogP contribution in [0.3, 0.4) is 0 Å². The summed E-state index contributed by atoms with van der Waals surface area (Å²) in [5.41, 5.74) is 0. The van der Waals surface area contributed by atoms with Gasteiger partial charge in [-0.2, -0.15) is 0 Å². The zero-order valence-corrected chi connectivity index (χ0v) is 7.29. The molecule has 0 aliphatic heterocycles. The molecule has 1 N–H and O–H groups in total. The third kappa shape index (κ3) is 1.31. The van der Waals surface area contributed by atoms with Crippen molar-refractivity contribution in [3.05, 3.63) is 0 Å². The Morgan fingerprint density at radius 2 is 1.82 bits per heavy atom. The van der Waals surface area contributed by atoms with Crippen molar-refractivity contribution in [3.63, 3.8) is 0 Å². The maximum Gasteiger partial charge on any atom is 0.0573 e. The Morgan fingerprint density at radius 1 is 1.09 bits per heavy atom. The van der Waals surface area contributed by atoms with E-state index in [-0.39, 0.29) is 6.10 Å². The molecule has 0 aromatic rings. The average molecular weight is 154 g/mol. The van der Waals surface area contributed by atoms with Crippen LogP contribution in [0.25, 0.3) is 0 Å². The number of hydrogen-bond donors (Lipinski definition) is 1. The number of fused-ring (bicyclic) bond motifs is 1. The minimum Gasteiger partial charge on any atom is -0.393 e. The highest BCUT2D eigenvalue weighted by molar-refractivity contribution is 4.98. The Morgan fingerprint density at radius 3 is 2.64 bits per heavy atom. The van der Waals surface area contributed by atoms with Gasteiger partial charge in [-0.1, -0.05) is 26.2 Å². The van der Waals surface area contributed by atoms with Crippen LogP contribution >= 0.6 is 0 Å². The van der Waals surface area contributed by atoms with Crippen LogP contribution in [-0.2, 0) is 0 Å². The highest BCUT2D eigenvalue weighted by atomic mass is 16.3. The molecular formula is C10H18O. The molecular weight excluding hydrogens is 136 g/mol. The molecule has 0 aromatic carbocycles. The van der Waals surface area contributed by atoms with Crippen molar-refractivity contribution in [3.8, 4) is 0 Å². The molecule has 0 saturated heterocycles. The van der Waals surface area contributed by atoms with Gasteiger partial charge in [0, 0.05) is 0 Å². The van der Waals surface area contributed by atoms with Gasteiger partial charge < -0.3 is 5.11 Å². The maximum absolute atomic E-state index is 9.69. The van der Waals surface area contributed by atoms with Crippen LogP contribution in [0.4, 0.5) is 0 Å². The van der Waals surface area contributed by atoms with Crippen molar-refractivity contribution in [2.75, 3.05) is 0 Å². The van der Waals surface area contributed by atoms with Crippen molar-refractivity contribution < 1.29 is 5.11 Å². The van der Waals surface area contributed by atoms with E-state index in [1.807, 2.05) is 0 Å².